The van der Waals surface area contributed by atoms with Crippen LogP contribution in [0.1, 0.15) is 20.8 Å². The largest absolute Gasteiger partial charge is 0.475 e. The van der Waals surface area contributed by atoms with Crippen molar-refractivity contribution >= 4 is 30.1 Å². The number of nitrogens with zero attached hydrogens (tertiary/aromatic N) is 2. The zero-order valence-corrected chi connectivity index (χ0v) is 26.6. The van der Waals surface area contributed by atoms with Crippen molar-refractivity contribution in [2.75, 3.05) is 66.1 Å². The van der Waals surface area contributed by atoms with Crippen LogP contribution in [0, 0.1) is 0 Å². The van der Waals surface area contributed by atoms with E-state index in [1.54, 1.807) is 6.20 Å². The van der Waals surface area contributed by atoms with Crippen LogP contribution >= 0.6 is 0 Å². The number of ether oxygens (including phenoxy) is 5. The van der Waals surface area contributed by atoms with Crippen molar-refractivity contribution in [2.45, 2.75) is 38.9 Å². The predicted octanol–water partition coefficient (Wildman–Crippen LogP) is 6.25. The summed E-state index contributed by atoms with van der Waals surface area (Å²) in [5.74, 6) is 0.570. The fourth-order valence-corrected chi connectivity index (χ4v) is 5.13. The van der Waals surface area contributed by atoms with Crippen LogP contribution in [-0.4, -0.2) is 89.3 Å². The Morgan fingerprint density at radius 3 is 1.90 bits per heavy atom. The Hall–Kier alpha value is -2.86. The molecular formula is C32H45N3O6Si. The van der Waals surface area contributed by atoms with Gasteiger partial charge in [0, 0.05) is 52.0 Å². The number of rotatable bonds is 18. The van der Waals surface area contributed by atoms with Gasteiger partial charge in [-0.15, -0.1) is 0 Å². The molecule has 1 N–H and O–H groups in total. The molecule has 228 valence electrons. The van der Waals surface area contributed by atoms with Gasteiger partial charge >= 0.3 is 0 Å². The maximum Gasteiger partial charge on any atom is 0.213 e. The van der Waals surface area contributed by atoms with E-state index in [0.29, 0.717) is 71.9 Å². The van der Waals surface area contributed by atoms with E-state index in [-0.39, 0.29) is 5.04 Å². The lowest BCUT2D eigenvalue weighted by Gasteiger charge is -2.36. The number of aromatic nitrogens is 3. The molecule has 42 heavy (non-hydrogen) atoms. The molecule has 9 nitrogen and oxygen atoms in total. The average Bonchev–Trinajstić information content (AvgIpc) is 3.34. The van der Waals surface area contributed by atoms with Crippen molar-refractivity contribution in [3.63, 3.8) is 0 Å². The van der Waals surface area contributed by atoms with E-state index in [1.807, 2.05) is 30.6 Å². The first-order chi connectivity index (χ1) is 20.2. The molecule has 0 aliphatic heterocycles. The molecule has 10 heteroatoms. The summed E-state index contributed by atoms with van der Waals surface area (Å²) in [6, 6.07) is 12.2. The smallest absolute Gasteiger partial charge is 0.213 e. The molecule has 0 spiro atoms. The van der Waals surface area contributed by atoms with Gasteiger partial charge in [-0.25, -0.2) is 4.98 Å². The molecule has 0 radical (unpaired) electrons. The number of hydrogen-bond acceptors (Lipinski definition) is 8. The van der Waals surface area contributed by atoms with Gasteiger partial charge in [0.05, 0.1) is 59.5 Å². The third-order valence-corrected chi connectivity index (χ3v) is 12.1. The molecule has 0 aliphatic carbocycles. The molecule has 3 heterocycles. The van der Waals surface area contributed by atoms with E-state index in [1.165, 1.54) is 0 Å². The Kier molecular flexibility index (Phi) is 11.9. The highest BCUT2D eigenvalue weighted by Gasteiger charge is 2.36. The molecule has 4 rings (SSSR count). The average molecular weight is 596 g/mol. The summed E-state index contributed by atoms with van der Waals surface area (Å²) in [5.41, 5.74) is 4.27. The van der Waals surface area contributed by atoms with E-state index in [2.05, 4.69) is 67.0 Å². The maximum absolute atomic E-state index is 6.09. The summed E-state index contributed by atoms with van der Waals surface area (Å²) in [4.78, 5) is 12.1. The highest BCUT2D eigenvalue weighted by molar-refractivity contribution is 6.74. The van der Waals surface area contributed by atoms with Gasteiger partial charge in [0.25, 0.3) is 0 Å². The van der Waals surface area contributed by atoms with Crippen molar-refractivity contribution in [2.24, 2.45) is 0 Å². The summed E-state index contributed by atoms with van der Waals surface area (Å²) in [6.45, 7) is 16.5. The van der Waals surface area contributed by atoms with E-state index < -0.39 is 8.32 Å². The molecule has 0 amide bonds. The molecule has 0 aliphatic rings. The number of nitrogens with one attached hydrogen (secondary N) is 1. The first-order valence-corrected chi connectivity index (χ1v) is 17.5. The second-order valence-electron chi connectivity index (χ2n) is 11.6. The van der Waals surface area contributed by atoms with Crippen LogP contribution < -0.4 is 4.74 Å². The minimum Gasteiger partial charge on any atom is -0.475 e. The Bertz CT molecular complexity index is 1370. The normalized spacial score (nSPS) is 12.4. The standard InChI is InChI=1S/C32H45N3O6Si/c1-32(2,3)42(4,5)41-21-19-39-17-15-37-13-12-36-14-16-38-18-20-40-31-9-7-26(23-34-31)25-6-8-27-28-24-33-11-10-29(28)35-30(27)22-25/h6-11,22-24,35H,12-21H2,1-5H3. The predicted molar refractivity (Wildman–Crippen MR) is 169 cm³/mol. The van der Waals surface area contributed by atoms with Gasteiger partial charge in [-0.1, -0.05) is 32.9 Å². The minimum atomic E-state index is -1.70. The number of pyridine rings is 2. The summed E-state index contributed by atoms with van der Waals surface area (Å²) in [5, 5.41) is 2.50. The molecule has 0 saturated heterocycles. The Morgan fingerprint density at radius 2 is 1.29 bits per heavy atom. The van der Waals surface area contributed by atoms with Crippen LogP contribution in [-0.2, 0) is 23.4 Å². The van der Waals surface area contributed by atoms with Gasteiger partial charge in [-0.3, -0.25) is 4.98 Å². The van der Waals surface area contributed by atoms with E-state index in [9.17, 15) is 0 Å². The lowest BCUT2D eigenvalue weighted by atomic mass is 10.1. The molecule has 4 aromatic rings. The number of benzene rings is 1. The van der Waals surface area contributed by atoms with Crippen LogP contribution in [0.5, 0.6) is 5.88 Å². The lowest BCUT2D eigenvalue weighted by Crippen LogP contribution is -2.41. The highest BCUT2D eigenvalue weighted by atomic mass is 28.4. The first-order valence-electron chi connectivity index (χ1n) is 14.6. The van der Waals surface area contributed by atoms with Crippen LogP contribution in [0.3, 0.4) is 0 Å². The fourth-order valence-electron chi connectivity index (χ4n) is 4.10. The summed E-state index contributed by atoms with van der Waals surface area (Å²) < 4.78 is 34.1. The third kappa shape index (κ3) is 9.32. The summed E-state index contributed by atoms with van der Waals surface area (Å²) in [6.07, 6.45) is 5.51. The van der Waals surface area contributed by atoms with E-state index in [4.69, 9.17) is 28.1 Å². The van der Waals surface area contributed by atoms with Crippen molar-refractivity contribution in [3.05, 3.63) is 55.0 Å². The number of aromatic amines is 1. The van der Waals surface area contributed by atoms with Gasteiger partial charge < -0.3 is 33.1 Å². The van der Waals surface area contributed by atoms with Gasteiger partial charge in [-0.2, -0.15) is 0 Å². The topological polar surface area (TPSA) is 97.0 Å². The van der Waals surface area contributed by atoms with Gasteiger partial charge in [0.15, 0.2) is 8.32 Å². The lowest BCUT2D eigenvalue weighted by molar-refractivity contribution is -0.00748. The zero-order valence-electron chi connectivity index (χ0n) is 25.6. The molecule has 0 fully saturated rings. The third-order valence-electron chi connectivity index (χ3n) is 7.56. The number of fused-ring (bicyclic) bond motifs is 3. The maximum atomic E-state index is 6.09. The fraction of sp³-hybridized carbons (Fsp3) is 0.500. The first kappa shape index (κ1) is 32.1. The Balaban J connectivity index is 0.991. The molecule has 1 aromatic carbocycles. The number of hydrogen-bond donors (Lipinski definition) is 1. The zero-order chi connectivity index (χ0) is 29.8. The SMILES string of the molecule is CC(C)(C)[Si](C)(C)OCCOCCOCCOCCOCCOc1ccc(-c2ccc3c(c2)[nH]c2ccncc23)cn1. The second-order valence-corrected chi connectivity index (χ2v) is 16.4. The minimum absolute atomic E-state index is 0.218. The van der Waals surface area contributed by atoms with Crippen molar-refractivity contribution in [1.29, 1.82) is 0 Å². The van der Waals surface area contributed by atoms with E-state index in [0.717, 1.165) is 32.9 Å². The van der Waals surface area contributed by atoms with Crippen LogP contribution in [0.2, 0.25) is 18.1 Å². The van der Waals surface area contributed by atoms with Crippen molar-refractivity contribution in [1.82, 2.24) is 15.0 Å². The van der Waals surface area contributed by atoms with Crippen molar-refractivity contribution in [3.8, 4) is 17.0 Å². The summed E-state index contributed by atoms with van der Waals surface area (Å²) in [7, 11) is -1.70. The van der Waals surface area contributed by atoms with Crippen LogP contribution in [0.4, 0.5) is 0 Å². The molecule has 3 aromatic heterocycles. The monoisotopic (exact) mass is 595 g/mol. The van der Waals surface area contributed by atoms with Crippen LogP contribution in [0.15, 0.2) is 55.0 Å². The van der Waals surface area contributed by atoms with Crippen LogP contribution in [0.25, 0.3) is 32.9 Å². The second kappa shape index (κ2) is 15.6. The molecular weight excluding hydrogens is 550 g/mol. The number of H-pyrrole nitrogens is 1. The molecule has 0 unspecified atom stereocenters. The van der Waals surface area contributed by atoms with Gasteiger partial charge in [-0.05, 0) is 41.9 Å². The quantitative estimate of drug-likeness (QED) is 0.107. The Labute approximate surface area is 250 Å². The molecule has 0 saturated carbocycles. The Morgan fingerprint density at radius 1 is 0.667 bits per heavy atom. The summed E-state index contributed by atoms with van der Waals surface area (Å²) >= 11 is 0. The van der Waals surface area contributed by atoms with Gasteiger partial charge in [0.1, 0.15) is 6.61 Å². The van der Waals surface area contributed by atoms with Crippen molar-refractivity contribution < 1.29 is 28.1 Å². The molecule has 0 atom stereocenters. The molecule has 0 bridgehead atoms. The van der Waals surface area contributed by atoms with Gasteiger partial charge in [0.2, 0.25) is 5.88 Å². The van der Waals surface area contributed by atoms with E-state index >= 15 is 0 Å². The highest BCUT2D eigenvalue weighted by Crippen LogP contribution is 2.36.